The van der Waals surface area contributed by atoms with E-state index >= 15 is 0 Å². The minimum absolute atomic E-state index is 0.0532. The van der Waals surface area contributed by atoms with E-state index in [4.69, 9.17) is 10.2 Å². The molecular formula is C9H9NO3. The molecule has 0 saturated carbocycles. The molecule has 1 aromatic rings. The summed E-state index contributed by atoms with van der Waals surface area (Å²) < 4.78 is 0. The van der Waals surface area contributed by atoms with E-state index in [1.165, 1.54) is 18.3 Å². The molecule has 0 amide bonds. The molecule has 1 aromatic heterocycles. The lowest BCUT2D eigenvalue weighted by atomic mass is 10.2. The Labute approximate surface area is 75.2 Å². The highest BCUT2D eigenvalue weighted by atomic mass is 16.4. The number of aromatic nitrogens is 1. The minimum atomic E-state index is -0.995. The van der Waals surface area contributed by atoms with Crippen molar-refractivity contribution in [1.29, 1.82) is 0 Å². The van der Waals surface area contributed by atoms with Crippen LogP contribution in [-0.4, -0.2) is 27.8 Å². The van der Waals surface area contributed by atoms with Crippen LogP contribution in [0.15, 0.2) is 24.4 Å². The molecule has 0 atom stereocenters. The number of rotatable bonds is 3. The highest BCUT2D eigenvalue weighted by Gasteiger charge is 2.00. The van der Waals surface area contributed by atoms with Crippen LogP contribution in [0.2, 0.25) is 0 Å². The lowest BCUT2D eigenvalue weighted by molar-refractivity contribution is 0.0696. The van der Waals surface area contributed by atoms with Crippen LogP contribution in [0, 0.1) is 0 Å². The summed E-state index contributed by atoms with van der Waals surface area (Å²) in [6, 6.07) is 3.04. The fourth-order valence-electron chi connectivity index (χ4n) is 0.804. The van der Waals surface area contributed by atoms with Crippen LogP contribution in [0.1, 0.15) is 16.1 Å². The maximum atomic E-state index is 10.4. The highest BCUT2D eigenvalue weighted by molar-refractivity contribution is 5.87. The number of carboxylic acid groups (broad SMARTS) is 1. The molecule has 0 aromatic carbocycles. The molecule has 0 aliphatic rings. The van der Waals surface area contributed by atoms with Gasteiger partial charge in [-0.15, -0.1) is 0 Å². The van der Waals surface area contributed by atoms with Crippen molar-refractivity contribution < 1.29 is 15.0 Å². The van der Waals surface area contributed by atoms with Gasteiger partial charge in [0.25, 0.3) is 0 Å². The summed E-state index contributed by atoms with van der Waals surface area (Å²) in [7, 11) is 0. The van der Waals surface area contributed by atoms with Crippen LogP contribution in [0.25, 0.3) is 6.08 Å². The van der Waals surface area contributed by atoms with Gasteiger partial charge < -0.3 is 10.2 Å². The van der Waals surface area contributed by atoms with Crippen molar-refractivity contribution in [2.45, 2.75) is 0 Å². The second kappa shape index (κ2) is 4.37. The van der Waals surface area contributed by atoms with Crippen LogP contribution in [0.5, 0.6) is 0 Å². The molecule has 0 unspecified atom stereocenters. The zero-order valence-electron chi connectivity index (χ0n) is 6.84. The van der Waals surface area contributed by atoms with Crippen molar-refractivity contribution in [3.05, 3.63) is 35.7 Å². The van der Waals surface area contributed by atoms with Gasteiger partial charge in [-0.1, -0.05) is 6.08 Å². The number of nitrogens with zero attached hydrogens (tertiary/aromatic N) is 1. The molecule has 2 N–H and O–H groups in total. The van der Waals surface area contributed by atoms with Crippen molar-refractivity contribution in [3.63, 3.8) is 0 Å². The fraction of sp³-hybridized carbons (Fsp3) is 0.111. The van der Waals surface area contributed by atoms with Gasteiger partial charge in [0.1, 0.15) is 0 Å². The Kier molecular flexibility index (Phi) is 3.16. The van der Waals surface area contributed by atoms with Crippen LogP contribution < -0.4 is 0 Å². The molecule has 1 rings (SSSR count). The molecule has 13 heavy (non-hydrogen) atoms. The van der Waals surface area contributed by atoms with Gasteiger partial charge in [-0.2, -0.15) is 0 Å². The van der Waals surface area contributed by atoms with E-state index in [1.807, 2.05) is 0 Å². The average Bonchev–Trinajstić information content (AvgIpc) is 2.15. The third kappa shape index (κ3) is 2.68. The first-order valence-electron chi connectivity index (χ1n) is 3.71. The molecule has 4 heteroatoms. The number of hydrogen-bond donors (Lipinski definition) is 2. The lowest BCUT2D eigenvalue weighted by Gasteiger charge is -1.94. The number of aliphatic hydroxyl groups excluding tert-OH is 1. The van der Waals surface area contributed by atoms with Crippen LogP contribution >= 0.6 is 0 Å². The smallest absolute Gasteiger partial charge is 0.337 e. The van der Waals surface area contributed by atoms with Crippen molar-refractivity contribution >= 4 is 12.0 Å². The third-order valence-electron chi connectivity index (χ3n) is 1.43. The monoisotopic (exact) mass is 179 g/mol. The molecular weight excluding hydrogens is 170 g/mol. The largest absolute Gasteiger partial charge is 0.478 e. The Morgan fingerprint density at radius 1 is 1.54 bits per heavy atom. The van der Waals surface area contributed by atoms with E-state index in [1.54, 1.807) is 12.1 Å². The number of aromatic carboxylic acids is 1. The van der Waals surface area contributed by atoms with E-state index in [2.05, 4.69) is 4.98 Å². The van der Waals surface area contributed by atoms with Gasteiger partial charge >= 0.3 is 5.97 Å². The summed E-state index contributed by atoms with van der Waals surface area (Å²) >= 11 is 0. The third-order valence-corrected chi connectivity index (χ3v) is 1.43. The average molecular weight is 179 g/mol. The van der Waals surface area contributed by atoms with E-state index in [0.29, 0.717) is 5.69 Å². The first-order chi connectivity index (χ1) is 6.24. The molecule has 0 bridgehead atoms. The van der Waals surface area contributed by atoms with E-state index in [9.17, 15) is 4.79 Å². The fourth-order valence-corrected chi connectivity index (χ4v) is 0.804. The maximum Gasteiger partial charge on any atom is 0.337 e. The van der Waals surface area contributed by atoms with Crippen molar-refractivity contribution in [1.82, 2.24) is 4.98 Å². The zero-order chi connectivity index (χ0) is 9.68. The Balaban J connectivity index is 2.81. The highest BCUT2D eigenvalue weighted by Crippen LogP contribution is 2.01. The van der Waals surface area contributed by atoms with Crippen LogP contribution in [-0.2, 0) is 0 Å². The standard InChI is InChI=1S/C9H9NO3/c11-5-1-2-8-4-3-7(6-10-8)9(12)13/h1-4,6,11H,5H2,(H,12,13). The Morgan fingerprint density at radius 3 is 2.77 bits per heavy atom. The molecule has 0 aliphatic heterocycles. The second-order valence-electron chi connectivity index (χ2n) is 2.36. The molecule has 0 spiro atoms. The van der Waals surface area contributed by atoms with Crippen molar-refractivity contribution in [2.24, 2.45) is 0 Å². The molecule has 4 nitrogen and oxygen atoms in total. The van der Waals surface area contributed by atoms with Gasteiger partial charge in [-0.25, -0.2) is 4.79 Å². The maximum absolute atomic E-state index is 10.4. The van der Waals surface area contributed by atoms with Crippen molar-refractivity contribution in [3.8, 4) is 0 Å². The van der Waals surface area contributed by atoms with E-state index < -0.39 is 5.97 Å². The molecule has 0 radical (unpaired) electrons. The molecule has 1 heterocycles. The predicted molar refractivity (Wildman–Crippen MR) is 47.3 cm³/mol. The summed E-state index contributed by atoms with van der Waals surface area (Å²) in [5.41, 5.74) is 0.778. The quantitative estimate of drug-likeness (QED) is 0.719. The van der Waals surface area contributed by atoms with Gasteiger partial charge in [0.15, 0.2) is 0 Å². The normalized spacial score (nSPS) is 10.5. The number of carbonyl (C=O) groups is 1. The Bertz CT molecular complexity index is 316. The van der Waals surface area contributed by atoms with Crippen LogP contribution in [0.3, 0.4) is 0 Å². The second-order valence-corrected chi connectivity index (χ2v) is 2.36. The number of aliphatic hydroxyl groups is 1. The Hall–Kier alpha value is -1.68. The van der Waals surface area contributed by atoms with Crippen LogP contribution in [0.4, 0.5) is 0 Å². The van der Waals surface area contributed by atoms with Gasteiger partial charge in [0, 0.05) is 6.20 Å². The minimum Gasteiger partial charge on any atom is -0.478 e. The molecule has 68 valence electrons. The summed E-state index contributed by atoms with van der Waals surface area (Å²) in [5.74, 6) is -0.995. The lowest BCUT2D eigenvalue weighted by Crippen LogP contribution is -1.96. The zero-order valence-corrected chi connectivity index (χ0v) is 6.84. The SMILES string of the molecule is O=C(O)c1ccc(C=CCO)nc1. The first kappa shape index (κ1) is 9.41. The van der Waals surface area contributed by atoms with Gasteiger partial charge in [-0.3, -0.25) is 4.98 Å². The summed E-state index contributed by atoms with van der Waals surface area (Å²) in [5, 5.41) is 17.0. The summed E-state index contributed by atoms with van der Waals surface area (Å²) in [4.78, 5) is 14.3. The topological polar surface area (TPSA) is 70.4 Å². The number of pyridine rings is 1. The predicted octanol–water partition coefficient (Wildman–Crippen LogP) is 0.785. The van der Waals surface area contributed by atoms with Crippen molar-refractivity contribution in [2.75, 3.05) is 6.61 Å². The summed E-state index contributed by atoms with van der Waals surface area (Å²) in [6.45, 7) is -0.0532. The molecule has 0 fully saturated rings. The summed E-state index contributed by atoms with van der Waals surface area (Å²) in [6.07, 6.45) is 4.42. The Morgan fingerprint density at radius 2 is 2.31 bits per heavy atom. The van der Waals surface area contributed by atoms with E-state index in [0.717, 1.165) is 0 Å². The molecule has 0 aliphatic carbocycles. The molecule has 0 saturated heterocycles. The number of hydrogen-bond acceptors (Lipinski definition) is 3. The van der Waals surface area contributed by atoms with Gasteiger partial charge in [-0.05, 0) is 18.2 Å². The van der Waals surface area contributed by atoms with Gasteiger partial charge in [0.05, 0.1) is 17.9 Å². The number of carboxylic acids is 1. The van der Waals surface area contributed by atoms with Gasteiger partial charge in [0.2, 0.25) is 0 Å². The van der Waals surface area contributed by atoms with E-state index in [-0.39, 0.29) is 12.2 Å². The first-order valence-corrected chi connectivity index (χ1v) is 3.71.